The Morgan fingerprint density at radius 3 is 2.67 bits per heavy atom. The second-order valence-corrected chi connectivity index (χ2v) is 8.88. The van der Waals surface area contributed by atoms with Gasteiger partial charge in [-0.3, -0.25) is 14.4 Å². The summed E-state index contributed by atoms with van der Waals surface area (Å²) in [5.74, 6) is -1.12. The number of aryl methyl sites for hydroxylation is 1. The van der Waals surface area contributed by atoms with Crippen molar-refractivity contribution in [2.45, 2.75) is 25.8 Å². The van der Waals surface area contributed by atoms with Gasteiger partial charge >= 0.3 is 11.8 Å². The van der Waals surface area contributed by atoms with Crippen LogP contribution >= 0.6 is 34.2 Å². The van der Waals surface area contributed by atoms with Crippen LogP contribution in [0, 0.1) is 10.5 Å². The monoisotopic (exact) mass is 584 g/mol. The normalized spacial score (nSPS) is 12.8. The third-order valence-corrected chi connectivity index (χ3v) is 5.61. The molecule has 0 aliphatic heterocycles. The topological polar surface area (TPSA) is 118 Å². The molecule has 11 heteroatoms. The van der Waals surface area contributed by atoms with Crippen molar-refractivity contribution in [2.75, 3.05) is 19.0 Å². The predicted molar refractivity (Wildman–Crippen MR) is 133 cm³/mol. The highest BCUT2D eigenvalue weighted by molar-refractivity contribution is 14.1. The van der Waals surface area contributed by atoms with Crippen molar-refractivity contribution >= 4 is 63.8 Å². The fourth-order valence-electron chi connectivity index (χ4n) is 2.70. The van der Waals surface area contributed by atoms with Gasteiger partial charge in [0.1, 0.15) is 0 Å². The van der Waals surface area contributed by atoms with Crippen LogP contribution in [0.3, 0.4) is 0 Å². The zero-order valence-corrected chi connectivity index (χ0v) is 20.8. The maximum atomic E-state index is 12.3. The summed E-state index contributed by atoms with van der Waals surface area (Å²) in [6, 6.07) is 8.68. The Morgan fingerprint density at radius 1 is 1.21 bits per heavy atom. The van der Waals surface area contributed by atoms with Gasteiger partial charge in [0.2, 0.25) is 0 Å². The highest BCUT2D eigenvalue weighted by Crippen LogP contribution is 2.33. The third-order valence-electron chi connectivity index (χ3n) is 4.57. The van der Waals surface area contributed by atoms with E-state index in [9.17, 15) is 14.4 Å². The molecule has 0 aromatic heterocycles. The fraction of sp³-hybridized carbons (Fsp3) is 0.273. The van der Waals surface area contributed by atoms with Crippen LogP contribution in [0.15, 0.2) is 35.4 Å². The van der Waals surface area contributed by atoms with E-state index in [2.05, 4.69) is 21.2 Å². The lowest BCUT2D eigenvalue weighted by atomic mass is 10.2. The molecule has 9 nitrogen and oxygen atoms in total. The first-order valence-corrected chi connectivity index (χ1v) is 11.4. The number of ether oxygens (including phenoxy) is 2. The lowest BCUT2D eigenvalue weighted by Crippen LogP contribution is -2.38. The molecule has 0 saturated heterocycles. The number of carbonyl (C=O) groups is 3. The molecule has 0 heterocycles. The molecule has 0 bridgehead atoms. The minimum absolute atomic E-state index is 0.0854. The van der Waals surface area contributed by atoms with Crippen LogP contribution in [0.2, 0.25) is 5.02 Å². The molecule has 0 radical (unpaired) electrons. The maximum Gasteiger partial charge on any atom is 0.329 e. The molecule has 0 spiro atoms. The summed E-state index contributed by atoms with van der Waals surface area (Å²) in [7, 11) is 1.47. The lowest BCUT2D eigenvalue weighted by Gasteiger charge is -2.14. The molecule has 1 saturated carbocycles. The van der Waals surface area contributed by atoms with Crippen LogP contribution < -0.4 is 25.5 Å². The summed E-state index contributed by atoms with van der Waals surface area (Å²) in [4.78, 5) is 35.7. The highest BCUT2D eigenvalue weighted by Gasteiger charge is 2.26. The van der Waals surface area contributed by atoms with Crippen molar-refractivity contribution in [1.82, 2.24) is 10.7 Å². The van der Waals surface area contributed by atoms with Crippen molar-refractivity contribution < 1.29 is 23.9 Å². The average Bonchev–Trinajstić information content (AvgIpc) is 3.59. The summed E-state index contributed by atoms with van der Waals surface area (Å²) in [6.07, 6.45) is 3.15. The largest absolute Gasteiger partial charge is 0.493 e. The van der Waals surface area contributed by atoms with Crippen molar-refractivity contribution in [3.63, 3.8) is 0 Å². The number of hydrogen-bond acceptors (Lipinski definition) is 6. The summed E-state index contributed by atoms with van der Waals surface area (Å²) in [5.41, 5.74) is 4.28. The summed E-state index contributed by atoms with van der Waals surface area (Å²) < 4.78 is 11.7. The van der Waals surface area contributed by atoms with Gasteiger partial charge in [0, 0.05) is 16.8 Å². The summed E-state index contributed by atoms with van der Waals surface area (Å²) in [6.45, 7) is 1.62. The number of hydrogen-bond donors (Lipinski definition) is 3. The number of methoxy groups -OCH3 is 1. The maximum absolute atomic E-state index is 12.3. The Labute approximate surface area is 209 Å². The van der Waals surface area contributed by atoms with Crippen molar-refractivity contribution in [2.24, 2.45) is 5.10 Å². The first-order chi connectivity index (χ1) is 15.8. The Balaban J connectivity index is 1.60. The number of carbonyl (C=O) groups excluding carboxylic acids is 3. The number of nitrogens with one attached hydrogen (secondary N) is 3. The molecular weight excluding hydrogens is 563 g/mol. The second kappa shape index (κ2) is 11.3. The fourth-order valence-corrected chi connectivity index (χ4v) is 3.66. The molecule has 0 unspecified atom stereocenters. The van der Waals surface area contributed by atoms with Gasteiger partial charge in [0.05, 0.1) is 16.9 Å². The van der Waals surface area contributed by atoms with Crippen LogP contribution in [0.1, 0.15) is 24.0 Å². The number of benzene rings is 2. The minimum Gasteiger partial charge on any atom is -0.493 e. The van der Waals surface area contributed by atoms with Gasteiger partial charge in [0.25, 0.3) is 5.91 Å². The summed E-state index contributed by atoms with van der Waals surface area (Å²) in [5, 5.41) is 9.68. The van der Waals surface area contributed by atoms with Crippen LogP contribution in [-0.4, -0.2) is 43.7 Å². The van der Waals surface area contributed by atoms with Gasteiger partial charge in [-0.05, 0) is 77.7 Å². The van der Waals surface area contributed by atoms with Crippen molar-refractivity contribution in [1.29, 1.82) is 0 Å². The van der Waals surface area contributed by atoms with Crippen LogP contribution in [-0.2, 0) is 14.4 Å². The number of rotatable bonds is 8. The highest BCUT2D eigenvalue weighted by atomic mass is 127. The van der Waals surface area contributed by atoms with E-state index in [4.69, 9.17) is 21.1 Å². The molecule has 2 aromatic carbocycles. The summed E-state index contributed by atoms with van der Waals surface area (Å²) >= 11 is 8.03. The van der Waals surface area contributed by atoms with E-state index in [0.717, 1.165) is 18.4 Å². The standard InChI is InChI=1S/C22H22ClIN4O5/c1-12-3-4-14(23)9-17(12)27-19(29)11-33-20-16(24)7-13(8-18(20)32-2)10-25-28-22(31)21(30)26-15-5-6-15/h3-4,7-10,15H,5-6,11H2,1-2H3,(H,26,30)(H,27,29)(H,28,31)/b25-10-. The van der Waals surface area contributed by atoms with E-state index in [1.165, 1.54) is 13.3 Å². The molecule has 1 aliphatic carbocycles. The first-order valence-electron chi connectivity index (χ1n) is 9.97. The molecule has 0 atom stereocenters. The van der Waals surface area contributed by atoms with Crippen molar-refractivity contribution in [3.8, 4) is 11.5 Å². The molecule has 2 aromatic rings. The number of halogens is 2. The van der Waals surface area contributed by atoms with E-state index in [1.807, 2.05) is 35.6 Å². The Bertz CT molecular complexity index is 1100. The molecule has 3 rings (SSSR count). The average molecular weight is 585 g/mol. The Hall–Kier alpha value is -2.86. The van der Waals surface area contributed by atoms with Gasteiger partial charge in [-0.25, -0.2) is 5.43 Å². The zero-order valence-electron chi connectivity index (χ0n) is 17.9. The number of nitrogens with zero attached hydrogens (tertiary/aromatic N) is 1. The van der Waals surface area contributed by atoms with Crippen LogP contribution in [0.5, 0.6) is 11.5 Å². The van der Waals surface area contributed by atoms with Crippen LogP contribution in [0.4, 0.5) is 5.69 Å². The van der Waals surface area contributed by atoms with Gasteiger partial charge in [0.15, 0.2) is 18.1 Å². The second-order valence-electron chi connectivity index (χ2n) is 7.28. The van der Waals surface area contributed by atoms with E-state index in [1.54, 1.807) is 24.3 Å². The van der Waals surface area contributed by atoms with E-state index >= 15 is 0 Å². The number of hydrazone groups is 1. The van der Waals surface area contributed by atoms with Gasteiger partial charge in [-0.15, -0.1) is 0 Å². The van der Waals surface area contributed by atoms with Gasteiger partial charge in [-0.2, -0.15) is 5.10 Å². The predicted octanol–water partition coefficient (Wildman–Crippen LogP) is 3.01. The van der Waals surface area contributed by atoms with Crippen LogP contribution in [0.25, 0.3) is 0 Å². The quantitative estimate of drug-likeness (QED) is 0.191. The molecular formula is C22H22ClIN4O5. The van der Waals surface area contributed by atoms with Crippen molar-refractivity contribution in [3.05, 3.63) is 50.1 Å². The van der Waals surface area contributed by atoms with E-state index < -0.39 is 11.8 Å². The van der Waals surface area contributed by atoms with E-state index in [0.29, 0.717) is 31.3 Å². The number of anilines is 1. The zero-order chi connectivity index (χ0) is 24.0. The molecule has 3 amide bonds. The van der Waals surface area contributed by atoms with Gasteiger partial charge < -0.3 is 20.1 Å². The van der Waals surface area contributed by atoms with E-state index in [-0.39, 0.29) is 18.6 Å². The van der Waals surface area contributed by atoms with Gasteiger partial charge in [-0.1, -0.05) is 17.7 Å². The smallest absolute Gasteiger partial charge is 0.329 e. The molecule has 174 valence electrons. The molecule has 1 fully saturated rings. The lowest BCUT2D eigenvalue weighted by molar-refractivity contribution is -0.139. The molecule has 1 aliphatic rings. The minimum atomic E-state index is -0.833. The molecule has 33 heavy (non-hydrogen) atoms. The number of amides is 3. The first kappa shape index (κ1) is 24.8. The Kier molecular flexibility index (Phi) is 8.50. The Morgan fingerprint density at radius 2 is 1.97 bits per heavy atom. The SMILES string of the molecule is COc1cc(/C=N\NC(=O)C(=O)NC2CC2)cc(I)c1OCC(=O)Nc1cc(Cl)ccc1C. The third kappa shape index (κ3) is 7.32. The molecule has 3 N–H and O–H groups in total.